The number of amides is 1. The Morgan fingerprint density at radius 3 is 2.36 bits per heavy atom. The van der Waals surface area contributed by atoms with E-state index in [-0.39, 0.29) is 42.5 Å². The van der Waals surface area contributed by atoms with Crippen LogP contribution in [0.1, 0.15) is 41.4 Å². The number of halogens is 1. The SMILES string of the molecule is COc1cc(C(=O)CC[C@](C)(O)c2ccc(OC)c(-c3ccc(F)c(C)c3)n2)ccc1OCC(N)=O. The number of ketones is 1. The second-order valence-corrected chi connectivity index (χ2v) is 8.53. The summed E-state index contributed by atoms with van der Waals surface area (Å²) in [6.45, 7) is 2.92. The number of carbonyl (C=O) groups is 2. The standard InChI is InChI=1S/C27H29FN2O6/c1-16-13-18(5-7-19(16)28)26-22(34-3)9-10-24(30-26)27(2,33)12-11-20(31)17-6-8-21(23(14-17)35-4)36-15-25(29)32/h5-10,13-14,33H,11-12,15H2,1-4H3,(H2,29,32)/t27-/m0/s1. The molecule has 0 bridgehead atoms. The van der Waals surface area contributed by atoms with E-state index in [0.717, 1.165) is 0 Å². The zero-order valence-corrected chi connectivity index (χ0v) is 20.6. The van der Waals surface area contributed by atoms with Crippen LogP contribution in [0.25, 0.3) is 11.3 Å². The molecule has 0 unspecified atom stereocenters. The van der Waals surface area contributed by atoms with Crippen LogP contribution in [0, 0.1) is 12.7 Å². The third-order valence-electron chi connectivity index (χ3n) is 5.76. The molecule has 0 aliphatic rings. The Morgan fingerprint density at radius 1 is 1.03 bits per heavy atom. The van der Waals surface area contributed by atoms with Gasteiger partial charge in [0.05, 0.1) is 19.9 Å². The molecule has 3 N–H and O–H groups in total. The molecule has 1 heterocycles. The quantitative estimate of drug-likeness (QED) is 0.386. The molecule has 1 amide bonds. The van der Waals surface area contributed by atoms with Gasteiger partial charge in [-0.3, -0.25) is 9.59 Å². The second-order valence-electron chi connectivity index (χ2n) is 8.53. The van der Waals surface area contributed by atoms with E-state index in [2.05, 4.69) is 4.98 Å². The monoisotopic (exact) mass is 496 g/mol. The molecule has 190 valence electrons. The van der Waals surface area contributed by atoms with E-state index < -0.39 is 11.5 Å². The summed E-state index contributed by atoms with van der Waals surface area (Å²) in [6.07, 6.45) is 0.117. The Bertz CT molecular complexity index is 1280. The number of pyridine rings is 1. The van der Waals surface area contributed by atoms with Crippen molar-refractivity contribution < 1.29 is 33.3 Å². The molecular weight excluding hydrogens is 467 g/mol. The lowest BCUT2D eigenvalue weighted by Gasteiger charge is -2.24. The summed E-state index contributed by atoms with van der Waals surface area (Å²) in [5, 5.41) is 11.2. The fourth-order valence-corrected chi connectivity index (χ4v) is 3.65. The molecule has 9 heteroatoms. The highest BCUT2D eigenvalue weighted by molar-refractivity contribution is 5.96. The van der Waals surface area contributed by atoms with E-state index in [1.54, 1.807) is 44.2 Å². The summed E-state index contributed by atoms with van der Waals surface area (Å²) in [6, 6.07) is 12.5. The van der Waals surface area contributed by atoms with Gasteiger partial charge in [0.15, 0.2) is 23.9 Å². The zero-order chi connectivity index (χ0) is 26.5. The second kappa shape index (κ2) is 11.2. The van der Waals surface area contributed by atoms with Crippen molar-refractivity contribution in [2.45, 2.75) is 32.3 Å². The number of primary amides is 1. The zero-order valence-electron chi connectivity index (χ0n) is 20.6. The van der Waals surface area contributed by atoms with Gasteiger partial charge in [0.2, 0.25) is 0 Å². The molecular formula is C27H29FN2O6. The average Bonchev–Trinajstić information content (AvgIpc) is 2.87. The summed E-state index contributed by atoms with van der Waals surface area (Å²) in [7, 11) is 2.92. The largest absolute Gasteiger partial charge is 0.494 e. The number of ether oxygens (including phenoxy) is 3. The fourth-order valence-electron chi connectivity index (χ4n) is 3.65. The number of aromatic nitrogens is 1. The molecule has 0 fully saturated rings. The first-order valence-electron chi connectivity index (χ1n) is 11.2. The average molecular weight is 497 g/mol. The first kappa shape index (κ1) is 26.6. The predicted molar refractivity (Wildman–Crippen MR) is 132 cm³/mol. The van der Waals surface area contributed by atoms with Gasteiger partial charge in [-0.15, -0.1) is 0 Å². The van der Waals surface area contributed by atoms with E-state index in [9.17, 15) is 19.1 Å². The smallest absolute Gasteiger partial charge is 0.255 e. The van der Waals surface area contributed by atoms with Crippen LogP contribution >= 0.6 is 0 Å². The van der Waals surface area contributed by atoms with Gasteiger partial charge in [-0.25, -0.2) is 9.37 Å². The molecule has 0 saturated heterocycles. The van der Waals surface area contributed by atoms with Crippen LogP contribution in [0.5, 0.6) is 17.2 Å². The topological polar surface area (TPSA) is 121 Å². The molecule has 0 saturated carbocycles. The number of nitrogens with zero attached hydrogens (tertiary/aromatic N) is 1. The molecule has 0 spiro atoms. The lowest BCUT2D eigenvalue weighted by atomic mass is 9.92. The normalized spacial score (nSPS) is 12.5. The maximum Gasteiger partial charge on any atom is 0.255 e. The van der Waals surface area contributed by atoms with Crippen LogP contribution in [0.2, 0.25) is 0 Å². The van der Waals surface area contributed by atoms with Crippen molar-refractivity contribution in [3.8, 4) is 28.5 Å². The third-order valence-corrected chi connectivity index (χ3v) is 5.76. The van der Waals surface area contributed by atoms with Crippen molar-refractivity contribution >= 4 is 11.7 Å². The van der Waals surface area contributed by atoms with E-state index in [4.69, 9.17) is 19.9 Å². The van der Waals surface area contributed by atoms with Gasteiger partial charge in [-0.2, -0.15) is 0 Å². The number of rotatable bonds is 11. The van der Waals surface area contributed by atoms with Gasteiger partial charge in [-0.05, 0) is 74.4 Å². The third kappa shape index (κ3) is 6.17. The number of carbonyl (C=O) groups excluding carboxylic acids is 2. The fraction of sp³-hybridized carbons (Fsp3) is 0.296. The van der Waals surface area contributed by atoms with Crippen molar-refractivity contribution in [2.24, 2.45) is 5.73 Å². The summed E-state index contributed by atoms with van der Waals surface area (Å²) in [5.41, 5.74) is 5.94. The van der Waals surface area contributed by atoms with Crippen molar-refractivity contribution in [1.29, 1.82) is 0 Å². The van der Waals surface area contributed by atoms with Gasteiger partial charge in [0.25, 0.3) is 5.91 Å². The van der Waals surface area contributed by atoms with Crippen molar-refractivity contribution in [2.75, 3.05) is 20.8 Å². The molecule has 1 aromatic heterocycles. The molecule has 2 aromatic carbocycles. The summed E-state index contributed by atoms with van der Waals surface area (Å²) >= 11 is 0. The van der Waals surface area contributed by atoms with Crippen LogP contribution in [0.4, 0.5) is 4.39 Å². The first-order chi connectivity index (χ1) is 17.1. The summed E-state index contributed by atoms with van der Waals surface area (Å²) in [5.74, 6) is -0.149. The Labute approximate surface area is 208 Å². The highest BCUT2D eigenvalue weighted by atomic mass is 19.1. The summed E-state index contributed by atoms with van der Waals surface area (Å²) < 4.78 is 29.7. The van der Waals surface area contributed by atoms with Crippen molar-refractivity contribution in [3.05, 3.63) is 71.2 Å². The minimum absolute atomic E-state index is 0.0241. The van der Waals surface area contributed by atoms with Crippen molar-refractivity contribution in [1.82, 2.24) is 4.98 Å². The van der Waals surface area contributed by atoms with Gasteiger partial charge < -0.3 is 25.1 Å². The van der Waals surface area contributed by atoms with Crippen LogP contribution in [-0.4, -0.2) is 42.6 Å². The van der Waals surface area contributed by atoms with Gasteiger partial charge in [-0.1, -0.05) is 0 Å². The number of hydrogen-bond acceptors (Lipinski definition) is 7. The molecule has 8 nitrogen and oxygen atoms in total. The highest BCUT2D eigenvalue weighted by Crippen LogP contribution is 2.34. The summed E-state index contributed by atoms with van der Waals surface area (Å²) in [4.78, 5) is 28.4. The van der Waals surface area contributed by atoms with E-state index >= 15 is 0 Å². The molecule has 3 rings (SSSR count). The Kier molecular flexibility index (Phi) is 8.26. The van der Waals surface area contributed by atoms with Gasteiger partial charge in [0.1, 0.15) is 22.9 Å². The Morgan fingerprint density at radius 2 is 1.72 bits per heavy atom. The van der Waals surface area contributed by atoms with Crippen LogP contribution in [0.15, 0.2) is 48.5 Å². The minimum Gasteiger partial charge on any atom is -0.494 e. The Balaban J connectivity index is 1.79. The number of aryl methyl sites for hydroxylation is 1. The first-order valence-corrected chi connectivity index (χ1v) is 11.2. The van der Waals surface area contributed by atoms with E-state index in [1.807, 2.05) is 0 Å². The highest BCUT2D eigenvalue weighted by Gasteiger charge is 2.28. The van der Waals surface area contributed by atoms with Crippen LogP contribution < -0.4 is 19.9 Å². The number of nitrogens with two attached hydrogens (primary N) is 1. The number of Topliss-reactive ketones (excluding diaryl/α,β-unsaturated/α-hetero) is 1. The van der Waals surface area contributed by atoms with Crippen LogP contribution in [0.3, 0.4) is 0 Å². The number of aliphatic hydroxyl groups is 1. The molecule has 0 aliphatic heterocycles. The molecule has 1 atom stereocenters. The minimum atomic E-state index is -1.43. The molecule has 3 aromatic rings. The van der Waals surface area contributed by atoms with E-state index in [0.29, 0.717) is 33.8 Å². The lowest BCUT2D eigenvalue weighted by molar-refractivity contribution is -0.119. The number of methoxy groups -OCH3 is 2. The van der Waals surface area contributed by atoms with E-state index in [1.165, 1.54) is 32.4 Å². The molecule has 0 radical (unpaired) electrons. The van der Waals surface area contributed by atoms with Crippen LogP contribution in [-0.2, 0) is 10.4 Å². The maximum atomic E-state index is 13.8. The lowest BCUT2D eigenvalue weighted by Crippen LogP contribution is -2.24. The predicted octanol–water partition coefficient (Wildman–Crippen LogP) is 3.95. The van der Waals surface area contributed by atoms with Crippen molar-refractivity contribution in [3.63, 3.8) is 0 Å². The van der Waals surface area contributed by atoms with Gasteiger partial charge >= 0.3 is 0 Å². The molecule has 0 aliphatic carbocycles. The molecule has 36 heavy (non-hydrogen) atoms. The van der Waals surface area contributed by atoms with Gasteiger partial charge in [0, 0.05) is 17.5 Å². The maximum absolute atomic E-state index is 13.8. The number of hydrogen-bond donors (Lipinski definition) is 2. The number of benzene rings is 2. The Hall–Kier alpha value is -3.98.